The molecule has 0 aliphatic rings. The molecular weight excluding hydrogens is 288 g/mol. The number of hydrogen-bond acceptors (Lipinski definition) is 4. The number of nitrogens with two attached hydrogens (primary N) is 1. The number of aromatic nitrogens is 3. The van der Waals surface area contributed by atoms with Gasteiger partial charge in [-0.05, 0) is 36.2 Å². The molecule has 1 aromatic heterocycles. The van der Waals surface area contributed by atoms with Crippen LogP contribution in [0, 0.1) is 0 Å². The standard InChI is InChI=1S/C18H20N4O/c1-2-14-8-10-16(11-9-14)23-13-18-17(12-19)20-21-22(18)15-6-4-3-5-7-15/h3-11H,2,12-13,19H2,1H3. The van der Waals surface area contributed by atoms with Crippen molar-refractivity contribution in [3.05, 3.63) is 71.5 Å². The number of ether oxygens (including phenoxy) is 1. The summed E-state index contributed by atoms with van der Waals surface area (Å²) in [5.41, 5.74) is 9.63. The van der Waals surface area contributed by atoms with Crippen LogP contribution < -0.4 is 10.5 Å². The molecule has 0 amide bonds. The molecule has 0 aliphatic carbocycles. The van der Waals surface area contributed by atoms with E-state index in [0.717, 1.165) is 29.2 Å². The van der Waals surface area contributed by atoms with Crippen LogP contribution in [0.5, 0.6) is 5.75 Å². The molecule has 1 heterocycles. The molecule has 0 saturated carbocycles. The van der Waals surface area contributed by atoms with Crippen molar-refractivity contribution in [3.63, 3.8) is 0 Å². The van der Waals surface area contributed by atoms with E-state index in [1.54, 1.807) is 4.68 Å². The van der Waals surface area contributed by atoms with Crippen LogP contribution in [0.25, 0.3) is 5.69 Å². The Bertz CT molecular complexity index is 750. The Hall–Kier alpha value is -2.66. The molecule has 0 bridgehead atoms. The summed E-state index contributed by atoms with van der Waals surface area (Å²) in [6.07, 6.45) is 1.02. The largest absolute Gasteiger partial charge is 0.487 e. The van der Waals surface area contributed by atoms with Crippen LogP contribution in [0.15, 0.2) is 54.6 Å². The van der Waals surface area contributed by atoms with Gasteiger partial charge in [-0.25, -0.2) is 4.68 Å². The van der Waals surface area contributed by atoms with Crippen LogP contribution in [0.1, 0.15) is 23.9 Å². The molecule has 5 nitrogen and oxygen atoms in total. The molecule has 0 atom stereocenters. The van der Waals surface area contributed by atoms with E-state index in [-0.39, 0.29) is 0 Å². The van der Waals surface area contributed by atoms with Gasteiger partial charge in [0.05, 0.1) is 5.69 Å². The van der Waals surface area contributed by atoms with E-state index in [9.17, 15) is 0 Å². The minimum Gasteiger partial charge on any atom is -0.487 e. The first-order chi connectivity index (χ1) is 11.3. The summed E-state index contributed by atoms with van der Waals surface area (Å²) in [6, 6.07) is 18.0. The highest BCUT2D eigenvalue weighted by molar-refractivity contribution is 5.33. The van der Waals surface area contributed by atoms with Crippen molar-refractivity contribution < 1.29 is 4.74 Å². The summed E-state index contributed by atoms with van der Waals surface area (Å²) in [6.45, 7) is 2.84. The Morgan fingerprint density at radius 2 is 1.78 bits per heavy atom. The Kier molecular flexibility index (Phi) is 4.68. The Morgan fingerprint density at radius 1 is 1.04 bits per heavy atom. The van der Waals surface area contributed by atoms with Crippen molar-refractivity contribution in [3.8, 4) is 11.4 Å². The van der Waals surface area contributed by atoms with Crippen LogP contribution in [0.3, 0.4) is 0 Å². The van der Waals surface area contributed by atoms with Gasteiger partial charge in [-0.2, -0.15) is 0 Å². The first kappa shape index (κ1) is 15.2. The number of benzene rings is 2. The molecule has 0 saturated heterocycles. The molecule has 3 aromatic rings. The van der Waals surface area contributed by atoms with E-state index in [2.05, 4.69) is 29.4 Å². The molecule has 118 valence electrons. The third-order valence-electron chi connectivity index (χ3n) is 3.74. The average molecular weight is 308 g/mol. The molecular formula is C18H20N4O. The van der Waals surface area contributed by atoms with Crippen molar-refractivity contribution >= 4 is 0 Å². The van der Waals surface area contributed by atoms with Gasteiger partial charge in [-0.3, -0.25) is 0 Å². The van der Waals surface area contributed by atoms with Crippen LogP contribution in [-0.4, -0.2) is 15.0 Å². The fourth-order valence-corrected chi connectivity index (χ4v) is 2.39. The Morgan fingerprint density at radius 3 is 2.43 bits per heavy atom. The van der Waals surface area contributed by atoms with Gasteiger partial charge in [-0.15, -0.1) is 5.10 Å². The lowest BCUT2D eigenvalue weighted by molar-refractivity contribution is 0.296. The molecule has 2 aromatic carbocycles. The quantitative estimate of drug-likeness (QED) is 0.760. The van der Waals surface area contributed by atoms with Gasteiger partial charge < -0.3 is 10.5 Å². The minimum atomic E-state index is 0.334. The number of para-hydroxylation sites is 1. The van der Waals surface area contributed by atoms with Crippen LogP contribution in [-0.2, 0) is 19.6 Å². The molecule has 23 heavy (non-hydrogen) atoms. The van der Waals surface area contributed by atoms with E-state index in [4.69, 9.17) is 10.5 Å². The van der Waals surface area contributed by atoms with Gasteiger partial charge in [0.25, 0.3) is 0 Å². The SMILES string of the molecule is CCc1ccc(OCc2c(CN)nnn2-c2ccccc2)cc1. The van der Waals surface area contributed by atoms with Gasteiger partial charge in [0, 0.05) is 6.54 Å². The summed E-state index contributed by atoms with van der Waals surface area (Å²) < 4.78 is 7.68. The second kappa shape index (κ2) is 7.07. The van der Waals surface area contributed by atoms with Crippen molar-refractivity contribution in [2.24, 2.45) is 5.73 Å². The summed E-state index contributed by atoms with van der Waals surface area (Å²) in [5.74, 6) is 0.825. The van der Waals surface area contributed by atoms with E-state index in [1.165, 1.54) is 5.56 Å². The Balaban J connectivity index is 1.82. The lowest BCUT2D eigenvalue weighted by Crippen LogP contribution is -2.09. The minimum absolute atomic E-state index is 0.334. The third kappa shape index (κ3) is 3.40. The third-order valence-corrected chi connectivity index (χ3v) is 3.74. The van der Waals surface area contributed by atoms with Gasteiger partial charge in [0.1, 0.15) is 23.7 Å². The lowest BCUT2D eigenvalue weighted by Gasteiger charge is -2.10. The smallest absolute Gasteiger partial charge is 0.132 e. The maximum Gasteiger partial charge on any atom is 0.132 e. The zero-order valence-corrected chi connectivity index (χ0v) is 13.1. The number of nitrogens with zero attached hydrogens (tertiary/aromatic N) is 3. The summed E-state index contributed by atoms with van der Waals surface area (Å²) in [5, 5.41) is 8.36. The number of rotatable bonds is 6. The predicted molar refractivity (Wildman–Crippen MR) is 89.4 cm³/mol. The monoisotopic (exact) mass is 308 g/mol. The fraction of sp³-hybridized carbons (Fsp3) is 0.222. The van der Waals surface area contributed by atoms with Gasteiger partial charge in [0.2, 0.25) is 0 Å². The molecule has 0 spiro atoms. The number of aryl methyl sites for hydroxylation is 1. The molecule has 3 rings (SSSR count). The molecule has 2 N–H and O–H groups in total. The van der Waals surface area contributed by atoms with Crippen LogP contribution in [0.2, 0.25) is 0 Å². The first-order valence-electron chi connectivity index (χ1n) is 7.72. The second-order valence-corrected chi connectivity index (χ2v) is 5.22. The van der Waals surface area contributed by atoms with Crippen molar-refractivity contribution in [1.82, 2.24) is 15.0 Å². The number of hydrogen-bond donors (Lipinski definition) is 1. The average Bonchev–Trinajstić information content (AvgIpc) is 3.04. The maximum absolute atomic E-state index is 5.90. The zero-order valence-electron chi connectivity index (χ0n) is 13.1. The van der Waals surface area contributed by atoms with Gasteiger partial charge in [-0.1, -0.05) is 42.5 Å². The lowest BCUT2D eigenvalue weighted by atomic mass is 10.2. The van der Waals surface area contributed by atoms with Crippen LogP contribution >= 0.6 is 0 Å². The zero-order chi connectivity index (χ0) is 16.1. The highest BCUT2D eigenvalue weighted by Crippen LogP contribution is 2.17. The summed E-state index contributed by atoms with van der Waals surface area (Å²) in [4.78, 5) is 0. The van der Waals surface area contributed by atoms with E-state index >= 15 is 0 Å². The van der Waals surface area contributed by atoms with Crippen molar-refractivity contribution in [2.75, 3.05) is 0 Å². The molecule has 0 unspecified atom stereocenters. The van der Waals surface area contributed by atoms with Crippen LogP contribution in [0.4, 0.5) is 0 Å². The highest BCUT2D eigenvalue weighted by atomic mass is 16.5. The fourth-order valence-electron chi connectivity index (χ4n) is 2.39. The second-order valence-electron chi connectivity index (χ2n) is 5.22. The topological polar surface area (TPSA) is 66.0 Å². The van der Waals surface area contributed by atoms with Gasteiger partial charge >= 0.3 is 0 Å². The normalized spacial score (nSPS) is 10.7. The summed E-state index contributed by atoms with van der Waals surface area (Å²) in [7, 11) is 0. The molecule has 0 fully saturated rings. The van der Waals surface area contributed by atoms with E-state index in [0.29, 0.717) is 13.2 Å². The molecule has 0 aliphatic heterocycles. The maximum atomic E-state index is 5.90. The summed E-state index contributed by atoms with van der Waals surface area (Å²) >= 11 is 0. The first-order valence-corrected chi connectivity index (χ1v) is 7.72. The Labute approximate surface area is 135 Å². The molecule has 5 heteroatoms. The highest BCUT2D eigenvalue weighted by Gasteiger charge is 2.13. The van der Waals surface area contributed by atoms with E-state index < -0.39 is 0 Å². The predicted octanol–water partition coefficient (Wildman–Crippen LogP) is 2.87. The molecule has 0 radical (unpaired) electrons. The van der Waals surface area contributed by atoms with Gasteiger partial charge in [0.15, 0.2) is 0 Å². The van der Waals surface area contributed by atoms with Crippen molar-refractivity contribution in [1.29, 1.82) is 0 Å². The van der Waals surface area contributed by atoms with E-state index in [1.807, 2.05) is 42.5 Å². The van der Waals surface area contributed by atoms with Crippen molar-refractivity contribution in [2.45, 2.75) is 26.5 Å².